The van der Waals surface area contributed by atoms with Gasteiger partial charge in [-0.3, -0.25) is 4.79 Å². The second-order valence-corrected chi connectivity index (χ2v) is 5.78. The maximum Gasteiger partial charge on any atom is 0.270 e. The predicted octanol–water partition coefficient (Wildman–Crippen LogP) is 2.25. The van der Waals surface area contributed by atoms with Crippen LogP contribution in [0.4, 0.5) is 0 Å². The first-order valence-corrected chi connectivity index (χ1v) is 7.07. The summed E-state index contributed by atoms with van der Waals surface area (Å²) in [7, 11) is 1.89. The molecule has 1 amide bonds. The number of nitrogens with one attached hydrogen (secondary N) is 1. The van der Waals surface area contributed by atoms with E-state index in [4.69, 9.17) is 5.11 Å². The summed E-state index contributed by atoms with van der Waals surface area (Å²) in [5, 5.41) is 9.16. The van der Waals surface area contributed by atoms with Gasteiger partial charge in [0.2, 0.25) is 0 Å². The number of aromatic nitrogens is 1. The molecule has 0 atom stereocenters. The minimum atomic E-state index is 0.0815. The van der Waals surface area contributed by atoms with E-state index in [1.807, 2.05) is 31.9 Å². The summed E-state index contributed by atoms with van der Waals surface area (Å²) in [6.45, 7) is 4.21. The molecule has 0 bridgehead atoms. The third kappa shape index (κ3) is 3.00. The molecule has 0 spiro atoms. The molecule has 2 N–H and O–H groups in total. The molecule has 0 saturated heterocycles. The van der Waals surface area contributed by atoms with Crippen molar-refractivity contribution in [2.24, 2.45) is 5.92 Å². The number of amides is 1. The average molecular weight is 264 g/mol. The smallest absolute Gasteiger partial charge is 0.270 e. The lowest BCUT2D eigenvalue weighted by atomic mass is 9.86. The Hall–Kier alpha value is -1.29. The van der Waals surface area contributed by atoms with E-state index in [0.717, 1.165) is 36.9 Å². The summed E-state index contributed by atoms with van der Waals surface area (Å²) in [5.74, 6) is 0.507. The highest BCUT2D eigenvalue weighted by Crippen LogP contribution is 2.27. The SMILES string of the molecule is Cc1cc(C)c(C(=O)N(C)C2CCC(CO)CC2)[nH]1. The topological polar surface area (TPSA) is 56.3 Å². The molecule has 1 fully saturated rings. The van der Waals surface area contributed by atoms with E-state index in [0.29, 0.717) is 17.7 Å². The molecule has 4 heteroatoms. The number of hydrogen-bond acceptors (Lipinski definition) is 2. The minimum Gasteiger partial charge on any atom is -0.396 e. The van der Waals surface area contributed by atoms with E-state index in [-0.39, 0.29) is 12.5 Å². The molecule has 1 aliphatic rings. The summed E-state index contributed by atoms with van der Waals surface area (Å²) < 4.78 is 0. The van der Waals surface area contributed by atoms with Gasteiger partial charge in [-0.2, -0.15) is 0 Å². The van der Waals surface area contributed by atoms with Crippen LogP contribution in [0.25, 0.3) is 0 Å². The quantitative estimate of drug-likeness (QED) is 0.879. The summed E-state index contributed by atoms with van der Waals surface area (Å²) in [4.78, 5) is 17.5. The molecule has 2 rings (SSSR count). The highest BCUT2D eigenvalue weighted by atomic mass is 16.3. The van der Waals surface area contributed by atoms with Crippen molar-refractivity contribution in [3.05, 3.63) is 23.0 Å². The second kappa shape index (κ2) is 5.78. The van der Waals surface area contributed by atoms with Gasteiger partial charge in [0.15, 0.2) is 0 Å². The summed E-state index contributed by atoms with van der Waals surface area (Å²) >= 11 is 0. The molecule has 1 heterocycles. The van der Waals surface area contributed by atoms with E-state index < -0.39 is 0 Å². The van der Waals surface area contributed by atoms with Crippen LogP contribution in [-0.2, 0) is 0 Å². The Kier molecular flexibility index (Phi) is 4.30. The first-order chi connectivity index (χ1) is 9.02. The monoisotopic (exact) mass is 264 g/mol. The summed E-state index contributed by atoms with van der Waals surface area (Å²) in [5.41, 5.74) is 2.75. The Morgan fingerprint density at radius 1 is 1.37 bits per heavy atom. The fourth-order valence-corrected chi connectivity index (χ4v) is 3.01. The number of nitrogens with zero attached hydrogens (tertiary/aromatic N) is 1. The van der Waals surface area contributed by atoms with Crippen LogP contribution in [0, 0.1) is 19.8 Å². The maximum absolute atomic E-state index is 12.5. The Labute approximate surface area is 114 Å². The van der Waals surface area contributed by atoms with Crippen molar-refractivity contribution in [2.45, 2.75) is 45.6 Å². The molecule has 4 nitrogen and oxygen atoms in total. The number of aliphatic hydroxyl groups is 1. The number of aromatic amines is 1. The number of rotatable bonds is 3. The van der Waals surface area contributed by atoms with Crippen molar-refractivity contribution in [2.75, 3.05) is 13.7 Å². The fraction of sp³-hybridized carbons (Fsp3) is 0.667. The van der Waals surface area contributed by atoms with Gasteiger partial charge < -0.3 is 15.0 Å². The molecule has 0 radical (unpaired) electrons. The highest BCUT2D eigenvalue weighted by molar-refractivity contribution is 5.94. The van der Waals surface area contributed by atoms with Gasteiger partial charge in [0, 0.05) is 25.4 Å². The fourth-order valence-electron chi connectivity index (χ4n) is 3.01. The standard InChI is InChI=1S/C15H24N2O2/c1-10-8-11(2)16-14(10)15(19)17(3)13-6-4-12(9-18)5-7-13/h8,12-13,16,18H,4-7,9H2,1-3H3. The van der Waals surface area contributed by atoms with Crippen LogP contribution in [0.5, 0.6) is 0 Å². The average Bonchev–Trinajstić information content (AvgIpc) is 2.76. The molecule has 0 aromatic carbocycles. The zero-order valence-corrected chi connectivity index (χ0v) is 12.1. The summed E-state index contributed by atoms with van der Waals surface area (Å²) in [6.07, 6.45) is 4.02. The molecule has 1 aromatic heterocycles. The molecule has 106 valence electrons. The molecular weight excluding hydrogens is 240 g/mol. The van der Waals surface area contributed by atoms with Gasteiger partial charge >= 0.3 is 0 Å². The summed E-state index contributed by atoms with van der Waals surface area (Å²) in [6, 6.07) is 2.31. The zero-order chi connectivity index (χ0) is 14.0. The lowest BCUT2D eigenvalue weighted by Crippen LogP contribution is -2.40. The van der Waals surface area contributed by atoms with E-state index in [9.17, 15) is 4.79 Å². The van der Waals surface area contributed by atoms with Crippen LogP contribution in [0.2, 0.25) is 0 Å². The second-order valence-electron chi connectivity index (χ2n) is 5.78. The molecule has 19 heavy (non-hydrogen) atoms. The molecule has 1 saturated carbocycles. The Balaban J connectivity index is 2.02. The van der Waals surface area contributed by atoms with Gasteiger partial charge in [0.25, 0.3) is 5.91 Å². The van der Waals surface area contributed by atoms with E-state index in [1.165, 1.54) is 0 Å². The van der Waals surface area contributed by atoms with E-state index in [2.05, 4.69) is 4.98 Å². The van der Waals surface area contributed by atoms with E-state index >= 15 is 0 Å². The third-order valence-electron chi connectivity index (χ3n) is 4.31. The number of carbonyl (C=O) groups excluding carboxylic acids is 1. The molecule has 1 aromatic rings. The number of carbonyl (C=O) groups is 1. The van der Waals surface area contributed by atoms with Crippen molar-refractivity contribution >= 4 is 5.91 Å². The predicted molar refractivity (Wildman–Crippen MR) is 75.2 cm³/mol. The number of hydrogen-bond donors (Lipinski definition) is 2. The normalized spacial score (nSPS) is 23.4. The molecule has 1 aliphatic carbocycles. The van der Waals surface area contributed by atoms with Gasteiger partial charge in [-0.15, -0.1) is 0 Å². The zero-order valence-electron chi connectivity index (χ0n) is 12.1. The van der Waals surface area contributed by atoms with Crippen LogP contribution in [0.3, 0.4) is 0 Å². The van der Waals surface area contributed by atoms with Gasteiger partial charge in [-0.05, 0) is 57.1 Å². The van der Waals surface area contributed by atoms with Crippen LogP contribution < -0.4 is 0 Å². The van der Waals surface area contributed by atoms with Crippen molar-refractivity contribution < 1.29 is 9.90 Å². The Morgan fingerprint density at radius 2 is 2.00 bits per heavy atom. The largest absolute Gasteiger partial charge is 0.396 e. The van der Waals surface area contributed by atoms with Crippen LogP contribution in [0.15, 0.2) is 6.07 Å². The van der Waals surface area contributed by atoms with Crippen LogP contribution in [-0.4, -0.2) is 40.6 Å². The van der Waals surface area contributed by atoms with Crippen LogP contribution in [0.1, 0.15) is 47.4 Å². The van der Waals surface area contributed by atoms with Gasteiger partial charge in [-0.1, -0.05) is 0 Å². The lowest BCUT2D eigenvalue weighted by Gasteiger charge is -2.34. The van der Waals surface area contributed by atoms with Gasteiger partial charge in [-0.25, -0.2) is 0 Å². The van der Waals surface area contributed by atoms with E-state index in [1.54, 1.807) is 0 Å². The third-order valence-corrected chi connectivity index (χ3v) is 4.31. The van der Waals surface area contributed by atoms with Crippen molar-refractivity contribution in [3.8, 4) is 0 Å². The first kappa shape index (κ1) is 14.1. The maximum atomic E-state index is 12.5. The van der Waals surface area contributed by atoms with Crippen molar-refractivity contribution in [1.82, 2.24) is 9.88 Å². The number of H-pyrrole nitrogens is 1. The Morgan fingerprint density at radius 3 is 2.47 bits per heavy atom. The Bertz CT molecular complexity index is 445. The molecule has 0 aliphatic heterocycles. The van der Waals surface area contributed by atoms with Gasteiger partial charge in [0.05, 0.1) is 0 Å². The van der Waals surface area contributed by atoms with Gasteiger partial charge in [0.1, 0.15) is 5.69 Å². The minimum absolute atomic E-state index is 0.0815. The highest BCUT2D eigenvalue weighted by Gasteiger charge is 2.27. The van der Waals surface area contributed by atoms with Crippen molar-refractivity contribution in [1.29, 1.82) is 0 Å². The molecular formula is C15H24N2O2. The molecule has 0 unspecified atom stereocenters. The van der Waals surface area contributed by atoms with Crippen molar-refractivity contribution in [3.63, 3.8) is 0 Å². The number of aryl methyl sites for hydroxylation is 2. The first-order valence-electron chi connectivity index (χ1n) is 7.07. The lowest BCUT2D eigenvalue weighted by molar-refractivity contribution is 0.0647. The van der Waals surface area contributed by atoms with Crippen LogP contribution >= 0.6 is 0 Å². The number of aliphatic hydroxyl groups excluding tert-OH is 1.